The van der Waals surface area contributed by atoms with Crippen LogP contribution >= 0.6 is 11.3 Å². The van der Waals surface area contributed by atoms with Gasteiger partial charge in [-0.2, -0.15) is 0 Å². The van der Waals surface area contributed by atoms with Crippen LogP contribution in [-0.4, -0.2) is 32.0 Å². The Hall–Kier alpha value is -3.43. The number of hydrogen-bond acceptors (Lipinski definition) is 7. The topological polar surface area (TPSA) is 98.1 Å². The van der Waals surface area contributed by atoms with E-state index >= 15 is 0 Å². The van der Waals surface area contributed by atoms with Gasteiger partial charge in [0.15, 0.2) is 0 Å². The molecule has 2 heterocycles. The summed E-state index contributed by atoms with van der Waals surface area (Å²) in [5, 5.41) is 11.3. The van der Waals surface area contributed by atoms with E-state index in [2.05, 4.69) is 15.2 Å². The molecule has 0 saturated heterocycles. The first kappa shape index (κ1) is 23.3. The smallest absolute Gasteiger partial charge is 0.254 e. The molecule has 2 aromatic heterocycles. The number of amides is 1. The van der Waals surface area contributed by atoms with Crippen LogP contribution in [0.2, 0.25) is 0 Å². The van der Waals surface area contributed by atoms with Crippen molar-refractivity contribution in [3.63, 3.8) is 0 Å². The van der Waals surface area contributed by atoms with Crippen LogP contribution in [0.25, 0.3) is 11.5 Å². The average molecular weight is 492 g/mol. The molecule has 1 aliphatic rings. The molecule has 0 bridgehead atoms. The number of carbonyl (C=O) groups excluding carboxylic acids is 1. The van der Waals surface area contributed by atoms with Gasteiger partial charge in [0.1, 0.15) is 10.8 Å². The van der Waals surface area contributed by atoms with Crippen molar-refractivity contribution in [3.05, 3.63) is 87.4 Å². The lowest BCUT2D eigenvalue weighted by molar-refractivity contribution is 0.0729. The molecule has 180 valence electrons. The molecule has 2 aromatic carbocycles. The number of aryl methyl sites for hydroxylation is 1. The van der Waals surface area contributed by atoms with Gasteiger partial charge in [0, 0.05) is 28.2 Å². The lowest BCUT2D eigenvalue weighted by Crippen LogP contribution is -2.35. The lowest BCUT2D eigenvalue weighted by atomic mass is 9.94. The monoisotopic (exact) mass is 491 g/mol. The van der Waals surface area contributed by atoms with E-state index in [-0.39, 0.29) is 23.7 Å². The Kier molecular flexibility index (Phi) is 6.21. The molecule has 4 aromatic rings. The van der Waals surface area contributed by atoms with Crippen LogP contribution in [0.15, 0.2) is 58.3 Å². The summed E-state index contributed by atoms with van der Waals surface area (Å²) in [6, 6.07) is 13.6. The molecule has 7 nitrogen and oxygen atoms in total. The summed E-state index contributed by atoms with van der Waals surface area (Å²) in [5.41, 5.74) is 8.57. The quantitative estimate of drug-likeness (QED) is 0.378. The standard InChI is InChI=1S/C26H26FN5O2S/c1-16-15-35-22(29-16)14-32(21-10-11-21)24(33)19-5-3-4-18(12-19)23-30-31-25(34-23)26(2,28)13-17-6-8-20(27)9-7-17/h3-9,12,15,21H,10-11,13-14,28H2,1-2H3. The van der Waals surface area contributed by atoms with E-state index in [0.29, 0.717) is 30.0 Å². The Bertz CT molecular complexity index is 1340. The van der Waals surface area contributed by atoms with Crippen molar-refractivity contribution in [2.75, 3.05) is 0 Å². The Balaban J connectivity index is 1.35. The van der Waals surface area contributed by atoms with Crippen molar-refractivity contribution in [2.24, 2.45) is 5.73 Å². The Morgan fingerprint density at radius 3 is 2.69 bits per heavy atom. The third kappa shape index (κ3) is 5.31. The number of halogens is 1. The number of carbonyl (C=O) groups is 1. The van der Waals surface area contributed by atoms with E-state index < -0.39 is 5.54 Å². The molecule has 1 amide bonds. The van der Waals surface area contributed by atoms with Crippen molar-refractivity contribution in [1.82, 2.24) is 20.1 Å². The second kappa shape index (κ2) is 9.31. The summed E-state index contributed by atoms with van der Waals surface area (Å²) < 4.78 is 19.2. The van der Waals surface area contributed by atoms with Gasteiger partial charge in [-0.05, 0) is 69.0 Å². The van der Waals surface area contributed by atoms with Crippen molar-refractivity contribution < 1.29 is 13.6 Å². The van der Waals surface area contributed by atoms with E-state index in [1.54, 1.807) is 42.5 Å². The molecule has 1 atom stereocenters. The predicted molar refractivity (Wildman–Crippen MR) is 131 cm³/mol. The van der Waals surface area contributed by atoms with Crippen molar-refractivity contribution in [1.29, 1.82) is 0 Å². The number of rotatable bonds is 8. The molecule has 0 radical (unpaired) electrons. The predicted octanol–water partition coefficient (Wildman–Crippen LogP) is 4.86. The average Bonchev–Trinajstić information content (AvgIpc) is 3.39. The highest BCUT2D eigenvalue weighted by Gasteiger charge is 2.34. The molecule has 1 aliphatic carbocycles. The first-order valence-corrected chi connectivity index (χ1v) is 12.4. The van der Waals surface area contributed by atoms with Gasteiger partial charge in [-0.3, -0.25) is 4.79 Å². The van der Waals surface area contributed by atoms with Crippen LogP contribution in [0.4, 0.5) is 4.39 Å². The van der Waals surface area contributed by atoms with Gasteiger partial charge < -0.3 is 15.1 Å². The fourth-order valence-corrected chi connectivity index (χ4v) is 4.77. The third-order valence-electron chi connectivity index (χ3n) is 5.98. The number of thiazole rings is 1. The third-order valence-corrected chi connectivity index (χ3v) is 6.93. The van der Waals surface area contributed by atoms with Gasteiger partial charge in [0.2, 0.25) is 11.8 Å². The number of benzene rings is 2. The van der Waals surface area contributed by atoms with Gasteiger partial charge in [-0.25, -0.2) is 9.37 Å². The maximum absolute atomic E-state index is 13.4. The summed E-state index contributed by atoms with van der Waals surface area (Å²) in [6.07, 6.45) is 2.41. The van der Waals surface area contributed by atoms with Crippen LogP contribution in [0.5, 0.6) is 0 Å². The summed E-state index contributed by atoms with van der Waals surface area (Å²) in [7, 11) is 0. The molecule has 5 rings (SSSR count). The fourth-order valence-electron chi connectivity index (χ4n) is 4.00. The van der Waals surface area contributed by atoms with Crippen molar-refractivity contribution >= 4 is 17.2 Å². The zero-order chi connectivity index (χ0) is 24.6. The van der Waals surface area contributed by atoms with Gasteiger partial charge in [-0.1, -0.05) is 18.2 Å². The molecular formula is C26H26FN5O2S. The lowest BCUT2D eigenvalue weighted by Gasteiger charge is -2.21. The van der Waals surface area contributed by atoms with Crippen molar-refractivity contribution in [2.45, 2.75) is 51.2 Å². The minimum atomic E-state index is -0.939. The molecule has 0 aliphatic heterocycles. The molecule has 0 spiro atoms. The van der Waals surface area contributed by atoms with Crippen molar-refractivity contribution in [3.8, 4) is 11.5 Å². The molecule has 1 fully saturated rings. The number of nitrogens with zero attached hydrogens (tertiary/aromatic N) is 4. The van der Waals surface area contributed by atoms with Crippen LogP contribution in [0.1, 0.15) is 52.3 Å². The first-order chi connectivity index (χ1) is 16.8. The first-order valence-electron chi connectivity index (χ1n) is 11.5. The van der Waals surface area contributed by atoms with E-state index in [4.69, 9.17) is 10.2 Å². The van der Waals surface area contributed by atoms with E-state index in [0.717, 1.165) is 29.1 Å². The van der Waals surface area contributed by atoms with E-state index in [1.165, 1.54) is 12.1 Å². The van der Waals surface area contributed by atoms with Crippen LogP contribution < -0.4 is 5.73 Å². The maximum Gasteiger partial charge on any atom is 0.254 e. The summed E-state index contributed by atoms with van der Waals surface area (Å²) in [6.45, 7) is 4.25. The Labute approximate surface area is 206 Å². The normalized spacial score (nSPS) is 15.1. The minimum absolute atomic E-state index is 0.0399. The Morgan fingerprint density at radius 1 is 1.23 bits per heavy atom. The van der Waals surface area contributed by atoms with Gasteiger partial charge >= 0.3 is 0 Å². The fraction of sp³-hybridized carbons (Fsp3) is 0.308. The largest absolute Gasteiger partial charge is 0.419 e. The highest BCUT2D eigenvalue weighted by molar-refractivity contribution is 7.09. The van der Waals surface area contributed by atoms with Gasteiger partial charge in [-0.15, -0.1) is 21.5 Å². The summed E-state index contributed by atoms with van der Waals surface area (Å²) in [4.78, 5) is 19.8. The SMILES string of the molecule is Cc1csc(CN(C(=O)c2cccc(-c3nnc(C(C)(N)Cc4ccc(F)cc4)o3)c2)C2CC2)n1. The number of hydrogen-bond donors (Lipinski definition) is 1. The molecular weight excluding hydrogens is 465 g/mol. The second-order valence-electron chi connectivity index (χ2n) is 9.26. The summed E-state index contributed by atoms with van der Waals surface area (Å²) in [5.74, 6) is 0.220. The Morgan fingerprint density at radius 2 is 2.00 bits per heavy atom. The van der Waals surface area contributed by atoms with Crippen LogP contribution in [0, 0.1) is 12.7 Å². The zero-order valence-corrected chi connectivity index (χ0v) is 20.4. The minimum Gasteiger partial charge on any atom is -0.419 e. The number of nitrogens with two attached hydrogens (primary N) is 1. The molecule has 35 heavy (non-hydrogen) atoms. The molecule has 1 saturated carbocycles. The van der Waals surface area contributed by atoms with Gasteiger partial charge in [0.25, 0.3) is 5.91 Å². The second-order valence-corrected chi connectivity index (χ2v) is 10.2. The van der Waals surface area contributed by atoms with Crippen LogP contribution in [-0.2, 0) is 18.5 Å². The highest BCUT2D eigenvalue weighted by atomic mass is 32.1. The highest BCUT2D eigenvalue weighted by Crippen LogP contribution is 2.31. The van der Waals surface area contributed by atoms with Crippen LogP contribution in [0.3, 0.4) is 0 Å². The molecule has 2 N–H and O–H groups in total. The van der Waals surface area contributed by atoms with E-state index in [1.807, 2.05) is 29.3 Å². The van der Waals surface area contributed by atoms with E-state index in [9.17, 15) is 9.18 Å². The number of aromatic nitrogens is 3. The maximum atomic E-state index is 13.4. The molecule has 9 heteroatoms. The molecule has 1 unspecified atom stereocenters. The zero-order valence-electron chi connectivity index (χ0n) is 19.6. The van der Waals surface area contributed by atoms with Gasteiger partial charge in [0.05, 0.1) is 12.1 Å². The summed E-state index contributed by atoms with van der Waals surface area (Å²) >= 11 is 1.57.